The molecule has 1 aromatic rings. The highest BCUT2D eigenvalue weighted by Crippen LogP contribution is 2.50. The average Bonchev–Trinajstić information content (AvgIpc) is 2.82. The normalized spacial score (nSPS) is 33.2. The summed E-state index contributed by atoms with van der Waals surface area (Å²) < 4.78 is 5.73. The third-order valence-electron chi connectivity index (χ3n) is 3.68. The zero-order chi connectivity index (χ0) is 11.2. The number of ether oxygens (including phenoxy) is 1. The van der Waals surface area contributed by atoms with Crippen molar-refractivity contribution in [3.8, 4) is 0 Å². The third kappa shape index (κ3) is 1.09. The van der Waals surface area contributed by atoms with Gasteiger partial charge in [0, 0.05) is 13.7 Å². The first kappa shape index (κ1) is 9.85. The summed E-state index contributed by atoms with van der Waals surface area (Å²) in [5, 5.41) is 0. The maximum atomic E-state index is 12.0. The molecule has 2 fully saturated rings. The minimum atomic E-state index is -0.546. The van der Waals surface area contributed by atoms with Gasteiger partial charge in [0.2, 0.25) is 0 Å². The van der Waals surface area contributed by atoms with E-state index in [4.69, 9.17) is 4.74 Å². The van der Waals surface area contributed by atoms with Crippen molar-refractivity contribution in [2.24, 2.45) is 0 Å². The molecule has 1 spiro atoms. The van der Waals surface area contributed by atoms with E-state index in [9.17, 15) is 4.79 Å². The van der Waals surface area contributed by atoms with Crippen LogP contribution in [0.4, 0.5) is 0 Å². The summed E-state index contributed by atoms with van der Waals surface area (Å²) in [4.78, 5) is 13.8. The topological polar surface area (TPSA) is 29.5 Å². The second-order valence-corrected chi connectivity index (χ2v) is 4.57. The van der Waals surface area contributed by atoms with E-state index in [1.165, 1.54) is 5.56 Å². The molecule has 84 valence electrons. The van der Waals surface area contributed by atoms with Gasteiger partial charge in [-0.1, -0.05) is 30.3 Å². The molecular weight excluding hydrogens is 202 g/mol. The summed E-state index contributed by atoms with van der Waals surface area (Å²) >= 11 is 0. The number of amides is 1. The van der Waals surface area contributed by atoms with Crippen LogP contribution >= 0.6 is 0 Å². The van der Waals surface area contributed by atoms with Crippen LogP contribution in [0.25, 0.3) is 0 Å². The van der Waals surface area contributed by atoms with Gasteiger partial charge >= 0.3 is 0 Å². The summed E-state index contributed by atoms with van der Waals surface area (Å²) in [6, 6.07) is 10.2. The monoisotopic (exact) mass is 217 g/mol. The second kappa shape index (κ2) is 3.32. The minimum absolute atomic E-state index is 0.101. The number of nitrogens with zero attached hydrogens (tertiary/aromatic N) is 1. The number of likely N-dealkylation sites (tertiary alicyclic amines) is 1. The summed E-state index contributed by atoms with van der Waals surface area (Å²) in [6.07, 6.45) is 1.85. The minimum Gasteiger partial charge on any atom is -0.363 e. The molecule has 0 aromatic heterocycles. The van der Waals surface area contributed by atoms with Gasteiger partial charge in [-0.2, -0.15) is 0 Å². The lowest BCUT2D eigenvalue weighted by Gasteiger charge is -2.52. The van der Waals surface area contributed by atoms with Gasteiger partial charge in [0.1, 0.15) is 0 Å². The molecule has 2 saturated heterocycles. The smallest absolute Gasteiger partial charge is 0.257 e. The van der Waals surface area contributed by atoms with Crippen LogP contribution in [0.1, 0.15) is 24.4 Å². The van der Waals surface area contributed by atoms with E-state index in [-0.39, 0.29) is 11.9 Å². The van der Waals surface area contributed by atoms with E-state index in [0.717, 1.165) is 12.8 Å². The van der Waals surface area contributed by atoms with Crippen LogP contribution in [0.15, 0.2) is 30.3 Å². The highest BCUT2D eigenvalue weighted by Gasteiger charge is 2.62. The van der Waals surface area contributed by atoms with Gasteiger partial charge in [-0.05, 0) is 18.4 Å². The lowest BCUT2D eigenvalue weighted by atomic mass is 9.76. The fourth-order valence-electron chi connectivity index (χ4n) is 2.95. The zero-order valence-corrected chi connectivity index (χ0v) is 9.35. The van der Waals surface area contributed by atoms with Crippen molar-refractivity contribution >= 4 is 5.91 Å². The number of benzene rings is 1. The Labute approximate surface area is 95.0 Å². The van der Waals surface area contributed by atoms with Gasteiger partial charge in [-0.25, -0.2) is 0 Å². The lowest BCUT2D eigenvalue weighted by Crippen LogP contribution is -2.66. The molecule has 16 heavy (non-hydrogen) atoms. The van der Waals surface area contributed by atoms with Crippen molar-refractivity contribution in [3.05, 3.63) is 35.9 Å². The first-order valence-electron chi connectivity index (χ1n) is 5.72. The predicted molar refractivity (Wildman–Crippen MR) is 59.9 cm³/mol. The number of carbonyl (C=O) groups is 1. The van der Waals surface area contributed by atoms with E-state index in [1.54, 1.807) is 4.90 Å². The van der Waals surface area contributed by atoms with Gasteiger partial charge in [-0.3, -0.25) is 4.79 Å². The Morgan fingerprint density at radius 3 is 2.75 bits per heavy atom. The van der Waals surface area contributed by atoms with Crippen molar-refractivity contribution in [2.45, 2.75) is 24.5 Å². The largest absolute Gasteiger partial charge is 0.363 e. The predicted octanol–water partition coefficient (Wildman–Crippen LogP) is 1.75. The molecule has 1 aromatic carbocycles. The van der Waals surface area contributed by atoms with E-state index in [2.05, 4.69) is 12.1 Å². The zero-order valence-electron chi connectivity index (χ0n) is 9.35. The first-order valence-corrected chi connectivity index (χ1v) is 5.72. The van der Waals surface area contributed by atoms with E-state index in [0.29, 0.717) is 6.61 Å². The fourth-order valence-corrected chi connectivity index (χ4v) is 2.95. The van der Waals surface area contributed by atoms with E-state index in [1.807, 2.05) is 25.2 Å². The molecule has 3 nitrogen and oxygen atoms in total. The van der Waals surface area contributed by atoms with Crippen LogP contribution in [0.2, 0.25) is 0 Å². The fraction of sp³-hybridized carbons (Fsp3) is 0.462. The van der Waals surface area contributed by atoms with Gasteiger partial charge in [-0.15, -0.1) is 0 Å². The summed E-state index contributed by atoms with van der Waals surface area (Å²) in [6.45, 7) is 0.711. The molecule has 1 amide bonds. The summed E-state index contributed by atoms with van der Waals surface area (Å²) in [7, 11) is 1.85. The van der Waals surface area contributed by atoms with Crippen LogP contribution in [-0.2, 0) is 9.53 Å². The highest BCUT2D eigenvalue weighted by molar-refractivity contribution is 5.93. The van der Waals surface area contributed by atoms with Crippen molar-refractivity contribution < 1.29 is 9.53 Å². The number of rotatable bonds is 1. The molecule has 0 radical (unpaired) electrons. The maximum Gasteiger partial charge on any atom is 0.257 e. The molecule has 0 saturated carbocycles. The van der Waals surface area contributed by atoms with Gasteiger partial charge in [0.15, 0.2) is 5.60 Å². The molecule has 2 aliphatic heterocycles. The quantitative estimate of drug-likeness (QED) is 0.671. The van der Waals surface area contributed by atoms with Gasteiger partial charge in [0.05, 0.1) is 6.04 Å². The number of carbonyl (C=O) groups excluding carboxylic acids is 1. The standard InChI is InChI=1S/C13H15NO2/c1-14-11(10-6-3-2-4-7-10)13(12(14)15)8-5-9-16-13/h2-4,6-7,11H,5,8-9H2,1H3/t11-,13-/m1/s1. The van der Waals surface area contributed by atoms with Gasteiger partial charge < -0.3 is 9.64 Å². The van der Waals surface area contributed by atoms with Crippen molar-refractivity contribution in [1.29, 1.82) is 0 Å². The van der Waals surface area contributed by atoms with Crippen LogP contribution in [0, 0.1) is 0 Å². The molecule has 2 heterocycles. The van der Waals surface area contributed by atoms with E-state index >= 15 is 0 Å². The van der Waals surface area contributed by atoms with Crippen molar-refractivity contribution in [2.75, 3.05) is 13.7 Å². The number of hydrogen-bond donors (Lipinski definition) is 0. The lowest BCUT2D eigenvalue weighted by molar-refractivity contribution is -0.191. The third-order valence-corrected chi connectivity index (χ3v) is 3.68. The Morgan fingerprint density at radius 1 is 1.38 bits per heavy atom. The van der Waals surface area contributed by atoms with Gasteiger partial charge in [0.25, 0.3) is 5.91 Å². The van der Waals surface area contributed by atoms with Crippen molar-refractivity contribution in [1.82, 2.24) is 4.90 Å². The number of likely N-dealkylation sites (N-methyl/N-ethyl adjacent to an activating group) is 1. The number of β-lactam (4-membered cyclic amide) rings is 1. The maximum absolute atomic E-state index is 12.0. The molecular formula is C13H15NO2. The molecule has 2 atom stereocenters. The first-order chi connectivity index (χ1) is 7.76. The molecule has 2 aliphatic rings. The number of hydrogen-bond acceptors (Lipinski definition) is 2. The van der Waals surface area contributed by atoms with Crippen LogP contribution < -0.4 is 0 Å². The summed E-state index contributed by atoms with van der Waals surface area (Å²) in [5.41, 5.74) is 0.627. The second-order valence-electron chi connectivity index (χ2n) is 4.57. The molecule has 0 bridgehead atoms. The Bertz CT molecular complexity index is 409. The Balaban J connectivity index is 1.98. The Morgan fingerprint density at radius 2 is 2.12 bits per heavy atom. The highest BCUT2D eigenvalue weighted by atomic mass is 16.5. The van der Waals surface area contributed by atoms with E-state index < -0.39 is 5.60 Å². The Kier molecular flexibility index (Phi) is 2.04. The van der Waals surface area contributed by atoms with Crippen LogP contribution in [0.3, 0.4) is 0 Å². The Hall–Kier alpha value is -1.35. The SMILES string of the molecule is CN1C(=O)[C@@]2(CCCO2)[C@H]1c1ccccc1. The van der Waals surface area contributed by atoms with Crippen LogP contribution in [-0.4, -0.2) is 30.1 Å². The van der Waals surface area contributed by atoms with Crippen LogP contribution in [0.5, 0.6) is 0 Å². The average molecular weight is 217 g/mol. The molecule has 0 aliphatic carbocycles. The molecule has 3 heteroatoms. The molecule has 3 rings (SSSR count). The molecule has 0 unspecified atom stereocenters. The molecule has 0 N–H and O–H groups in total. The van der Waals surface area contributed by atoms with Crippen molar-refractivity contribution in [3.63, 3.8) is 0 Å². The summed E-state index contributed by atoms with van der Waals surface area (Å²) in [5.74, 6) is 0.138.